The third-order valence-electron chi connectivity index (χ3n) is 8.09. The normalized spacial score (nSPS) is 11.5. The molecular weight excluding hydrogens is 555 g/mol. The maximum atomic E-state index is 2.31. The molecule has 0 heterocycles. The van der Waals surface area contributed by atoms with Crippen molar-refractivity contribution in [2.24, 2.45) is 0 Å². The Kier molecular flexibility index (Phi) is 9.52. The van der Waals surface area contributed by atoms with E-state index in [-0.39, 0.29) is 0 Å². The summed E-state index contributed by atoms with van der Waals surface area (Å²) in [6, 6.07) is 52.1. The quantitative estimate of drug-likeness (QED) is 0.151. The lowest BCUT2D eigenvalue weighted by Crippen LogP contribution is -2.09. The molecule has 6 aromatic carbocycles. The van der Waals surface area contributed by atoms with Gasteiger partial charge in [-0.05, 0) is 90.6 Å². The zero-order chi connectivity index (χ0) is 31.7. The maximum Gasteiger partial charge on any atom is 0.0462 e. The summed E-state index contributed by atoms with van der Waals surface area (Å²) in [5, 5.41) is 0. The molecule has 0 atom stereocenters. The molecule has 0 saturated carbocycles. The lowest BCUT2D eigenvalue weighted by molar-refractivity contribution is 1.28. The number of hydrogen-bond donors (Lipinski definition) is 0. The Bertz CT molecular complexity index is 1700. The Balaban J connectivity index is 1.27. The minimum Gasteiger partial charge on any atom is -0.311 e. The Morgan fingerprint density at radius 3 is 0.630 bits per heavy atom. The van der Waals surface area contributed by atoms with Crippen LogP contribution < -0.4 is 4.90 Å². The largest absolute Gasteiger partial charge is 0.311 e. The first-order valence-corrected chi connectivity index (χ1v) is 15.8. The summed E-state index contributed by atoms with van der Waals surface area (Å²) in [6.07, 6.45) is 13.0. The molecule has 0 fully saturated rings. The van der Waals surface area contributed by atoms with Gasteiger partial charge in [0.25, 0.3) is 0 Å². The summed E-state index contributed by atoms with van der Waals surface area (Å²) in [5.74, 6) is 0. The second kappa shape index (κ2) is 14.4. The first kappa shape index (κ1) is 30.4. The van der Waals surface area contributed by atoms with Crippen LogP contribution in [0, 0.1) is 20.8 Å². The highest BCUT2D eigenvalue weighted by atomic mass is 15.1. The number of anilines is 3. The molecule has 0 unspecified atom stereocenters. The van der Waals surface area contributed by atoms with Gasteiger partial charge < -0.3 is 4.90 Å². The summed E-state index contributed by atoms with van der Waals surface area (Å²) in [4.78, 5) is 2.31. The smallest absolute Gasteiger partial charge is 0.0462 e. The lowest BCUT2D eigenvalue weighted by atomic mass is 10.1. The standard InChI is InChI=1S/C45H39N/c1-34-4-10-37(11-5-34)16-19-40-22-28-43(29-23-40)46(44-30-24-41(25-31-44)20-17-38-12-6-35(2)7-13-38)45-32-26-42(27-33-45)21-18-39-14-8-36(3)9-15-39/h4-33H,1-3H3. The van der Waals surface area contributed by atoms with Gasteiger partial charge >= 0.3 is 0 Å². The van der Waals surface area contributed by atoms with E-state index in [0.29, 0.717) is 0 Å². The predicted octanol–water partition coefficient (Wildman–Crippen LogP) is 12.6. The Hall–Kier alpha value is -5.66. The Morgan fingerprint density at radius 1 is 0.261 bits per heavy atom. The van der Waals surface area contributed by atoms with Crippen molar-refractivity contribution in [3.8, 4) is 0 Å². The molecule has 6 rings (SSSR count). The van der Waals surface area contributed by atoms with Gasteiger partial charge in [-0.15, -0.1) is 0 Å². The van der Waals surface area contributed by atoms with Gasteiger partial charge in [0.2, 0.25) is 0 Å². The van der Waals surface area contributed by atoms with Crippen molar-refractivity contribution in [1.29, 1.82) is 0 Å². The second-order valence-electron chi connectivity index (χ2n) is 11.8. The molecule has 0 aromatic heterocycles. The fraction of sp³-hybridized carbons (Fsp3) is 0.0667. The van der Waals surface area contributed by atoms with Crippen LogP contribution in [0.5, 0.6) is 0 Å². The van der Waals surface area contributed by atoms with E-state index < -0.39 is 0 Å². The minimum atomic E-state index is 1.11. The summed E-state index contributed by atoms with van der Waals surface area (Å²) in [6.45, 7) is 6.34. The molecule has 0 amide bonds. The van der Waals surface area contributed by atoms with Gasteiger partial charge in [0.15, 0.2) is 0 Å². The van der Waals surface area contributed by atoms with Crippen molar-refractivity contribution in [2.75, 3.05) is 4.90 Å². The van der Waals surface area contributed by atoms with Crippen molar-refractivity contribution >= 4 is 53.5 Å². The first-order valence-electron chi connectivity index (χ1n) is 15.8. The van der Waals surface area contributed by atoms with Crippen LogP contribution in [0.3, 0.4) is 0 Å². The average Bonchev–Trinajstić information content (AvgIpc) is 3.09. The number of rotatable bonds is 9. The van der Waals surface area contributed by atoms with Crippen molar-refractivity contribution in [1.82, 2.24) is 0 Å². The second-order valence-corrected chi connectivity index (χ2v) is 11.8. The van der Waals surface area contributed by atoms with Crippen LogP contribution in [-0.2, 0) is 0 Å². The molecule has 0 spiro atoms. The van der Waals surface area contributed by atoms with Crippen LogP contribution in [-0.4, -0.2) is 0 Å². The van der Waals surface area contributed by atoms with Crippen LogP contribution in [0.4, 0.5) is 17.1 Å². The molecule has 224 valence electrons. The van der Waals surface area contributed by atoms with Crippen LogP contribution in [0.1, 0.15) is 50.1 Å². The number of benzene rings is 6. The highest BCUT2D eigenvalue weighted by Crippen LogP contribution is 2.35. The van der Waals surface area contributed by atoms with Gasteiger partial charge in [-0.2, -0.15) is 0 Å². The molecule has 0 bridgehead atoms. The third-order valence-corrected chi connectivity index (χ3v) is 8.09. The van der Waals surface area contributed by atoms with E-state index in [1.807, 2.05) is 0 Å². The van der Waals surface area contributed by atoms with Crippen molar-refractivity contribution in [2.45, 2.75) is 20.8 Å². The van der Waals surface area contributed by atoms with Crippen LogP contribution in [0.2, 0.25) is 0 Å². The van der Waals surface area contributed by atoms with Gasteiger partial charge in [-0.3, -0.25) is 0 Å². The average molecular weight is 594 g/mol. The molecule has 0 N–H and O–H groups in total. The number of nitrogens with zero attached hydrogens (tertiary/aromatic N) is 1. The molecule has 0 saturated heterocycles. The van der Waals surface area contributed by atoms with Gasteiger partial charge in [-0.1, -0.05) is 162 Å². The maximum absolute atomic E-state index is 2.31. The number of hydrogen-bond acceptors (Lipinski definition) is 1. The van der Waals surface area contributed by atoms with E-state index in [9.17, 15) is 0 Å². The SMILES string of the molecule is Cc1ccc(C=Cc2ccc(N(c3ccc(C=Cc4ccc(C)cc4)cc3)c3ccc(C=Cc4ccc(C)cc4)cc3)cc2)cc1. The zero-order valence-electron chi connectivity index (χ0n) is 26.8. The molecule has 1 heteroatoms. The van der Waals surface area contributed by atoms with Gasteiger partial charge in [-0.25, -0.2) is 0 Å². The minimum absolute atomic E-state index is 1.11. The Morgan fingerprint density at radius 2 is 0.435 bits per heavy atom. The van der Waals surface area contributed by atoms with E-state index in [2.05, 4.69) is 208 Å². The highest BCUT2D eigenvalue weighted by Gasteiger charge is 2.12. The van der Waals surface area contributed by atoms with E-state index in [1.165, 1.54) is 33.4 Å². The fourth-order valence-electron chi connectivity index (χ4n) is 5.26. The van der Waals surface area contributed by atoms with Crippen LogP contribution in [0.25, 0.3) is 36.5 Å². The van der Waals surface area contributed by atoms with E-state index >= 15 is 0 Å². The molecule has 0 aliphatic carbocycles. The van der Waals surface area contributed by atoms with E-state index in [0.717, 1.165) is 33.8 Å². The monoisotopic (exact) mass is 593 g/mol. The molecule has 6 aromatic rings. The van der Waals surface area contributed by atoms with Crippen molar-refractivity contribution < 1.29 is 0 Å². The van der Waals surface area contributed by atoms with Crippen LogP contribution in [0.15, 0.2) is 146 Å². The lowest BCUT2D eigenvalue weighted by Gasteiger charge is -2.26. The number of aryl methyl sites for hydroxylation is 3. The summed E-state index contributed by atoms with van der Waals surface area (Å²) in [5.41, 5.74) is 14.2. The Labute approximate surface area is 274 Å². The molecule has 46 heavy (non-hydrogen) atoms. The fourth-order valence-corrected chi connectivity index (χ4v) is 5.26. The van der Waals surface area contributed by atoms with Gasteiger partial charge in [0.1, 0.15) is 0 Å². The first-order chi connectivity index (χ1) is 22.5. The van der Waals surface area contributed by atoms with E-state index in [4.69, 9.17) is 0 Å². The topological polar surface area (TPSA) is 3.24 Å². The highest BCUT2D eigenvalue weighted by molar-refractivity contribution is 5.80. The predicted molar refractivity (Wildman–Crippen MR) is 201 cm³/mol. The summed E-state index contributed by atoms with van der Waals surface area (Å²) < 4.78 is 0. The third kappa shape index (κ3) is 8.08. The summed E-state index contributed by atoms with van der Waals surface area (Å²) in [7, 11) is 0. The molecule has 1 nitrogen and oxygen atoms in total. The van der Waals surface area contributed by atoms with Crippen molar-refractivity contribution in [3.63, 3.8) is 0 Å². The zero-order valence-corrected chi connectivity index (χ0v) is 26.8. The summed E-state index contributed by atoms with van der Waals surface area (Å²) >= 11 is 0. The van der Waals surface area contributed by atoms with Gasteiger partial charge in [0.05, 0.1) is 0 Å². The van der Waals surface area contributed by atoms with Gasteiger partial charge in [0, 0.05) is 17.1 Å². The molecule has 0 aliphatic rings. The molecule has 0 aliphatic heterocycles. The van der Waals surface area contributed by atoms with Crippen molar-refractivity contribution in [3.05, 3.63) is 196 Å². The van der Waals surface area contributed by atoms with Crippen LogP contribution >= 0.6 is 0 Å². The molecule has 0 radical (unpaired) electrons. The van der Waals surface area contributed by atoms with E-state index in [1.54, 1.807) is 0 Å². The molecular formula is C45H39N.